The number of anilines is 1. The number of hydrogen-bond acceptors (Lipinski definition) is 5. The van der Waals surface area contributed by atoms with Crippen molar-refractivity contribution >= 4 is 28.3 Å². The van der Waals surface area contributed by atoms with E-state index in [-0.39, 0.29) is 17.7 Å². The monoisotopic (exact) mass is 435 g/mol. The van der Waals surface area contributed by atoms with Gasteiger partial charge in [0.05, 0.1) is 18.6 Å². The molecule has 31 heavy (non-hydrogen) atoms. The number of nitrogens with zero attached hydrogens (tertiary/aromatic N) is 4. The van der Waals surface area contributed by atoms with Crippen LogP contribution in [0.5, 0.6) is 0 Å². The van der Waals surface area contributed by atoms with Crippen molar-refractivity contribution < 1.29 is 14.0 Å². The molecule has 0 saturated carbocycles. The molecule has 0 radical (unpaired) electrons. The molecule has 1 N–H and O–H groups in total. The largest absolute Gasteiger partial charge is 0.334 e. The van der Waals surface area contributed by atoms with Crippen LogP contribution in [-0.2, 0) is 24.3 Å². The Morgan fingerprint density at radius 1 is 1.35 bits per heavy atom. The van der Waals surface area contributed by atoms with E-state index < -0.39 is 23.7 Å². The topological polar surface area (TPSA) is 80.1 Å². The molecule has 9 heteroatoms. The molecular weight excluding hydrogens is 417 g/mol. The lowest BCUT2D eigenvalue weighted by atomic mass is 10.1. The number of aryl methyl sites for hydroxylation is 1. The lowest BCUT2D eigenvalue weighted by Gasteiger charge is -2.26. The highest BCUT2D eigenvalue weighted by Crippen LogP contribution is 2.36. The Kier molecular flexibility index (Phi) is 4.79. The summed E-state index contributed by atoms with van der Waals surface area (Å²) in [6.07, 6.45) is 5.01. The SMILES string of the molecule is CC#Cc1cc(F)c2c(c1)C(=O)N(C(C(=O)Nc1nccs1)c1ncn3c1CCC3)C2. The van der Waals surface area contributed by atoms with E-state index in [4.69, 9.17) is 0 Å². The predicted octanol–water partition coefficient (Wildman–Crippen LogP) is 3.13. The minimum Gasteiger partial charge on any atom is -0.334 e. The highest BCUT2D eigenvalue weighted by Gasteiger charge is 2.42. The predicted molar refractivity (Wildman–Crippen MR) is 113 cm³/mol. The van der Waals surface area contributed by atoms with Crippen molar-refractivity contribution in [2.75, 3.05) is 5.32 Å². The van der Waals surface area contributed by atoms with E-state index in [9.17, 15) is 14.0 Å². The average Bonchev–Trinajstić information content (AvgIpc) is 3.51. The fraction of sp³-hybridized carbons (Fsp3) is 0.273. The van der Waals surface area contributed by atoms with Crippen LogP contribution in [0.15, 0.2) is 30.0 Å². The fourth-order valence-electron chi connectivity index (χ4n) is 4.22. The number of amides is 2. The second kappa shape index (κ2) is 7.63. The number of imidazole rings is 1. The van der Waals surface area contributed by atoms with Gasteiger partial charge in [-0.05, 0) is 31.9 Å². The number of benzene rings is 1. The maximum absolute atomic E-state index is 14.8. The molecule has 2 aromatic heterocycles. The van der Waals surface area contributed by atoms with Gasteiger partial charge in [-0.2, -0.15) is 0 Å². The van der Waals surface area contributed by atoms with E-state index >= 15 is 0 Å². The third-order valence-electron chi connectivity index (χ3n) is 5.56. The molecule has 156 valence electrons. The zero-order valence-corrected chi connectivity index (χ0v) is 17.5. The highest BCUT2D eigenvalue weighted by molar-refractivity contribution is 7.13. The number of fused-ring (bicyclic) bond motifs is 2. The Labute approximate surface area is 181 Å². The van der Waals surface area contributed by atoms with E-state index in [1.165, 1.54) is 22.3 Å². The van der Waals surface area contributed by atoms with Gasteiger partial charge >= 0.3 is 0 Å². The van der Waals surface area contributed by atoms with Crippen LogP contribution in [0.3, 0.4) is 0 Å². The zero-order chi connectivity index (χ0) is 21.5. The van der Waals surface area contributed by atoms with E-state index in [0.717, 1.165) is 25.1 Å². The first-order valence-corrected chi connectivity index (χ1v) is 10.7. The maximum atomic E-state index is 14.8. The van der Waals surface area contributed by atoms with Crippen molar-refractivity contribution in [1.29, 1.82) is 0 Å². The van der Waals surface area contributed by atoms with Crippen molar-refractivity contribution in [3.05, 3.63) is 63.9 Å². The standard InChI is InChI=1S/C22H18FN5O2S/c1-2-4-13-9-14-15(16(23)10-13)11-28(21(14)30)19(20(29)26-22-24-6-8-31-22)18-17-5-3-7-27(17)12-25-18/h6,8-10,12,19H,3,5,7,11H2,1H3,(H,24,26,29). The van der Waals surface area contributed by atoms with E-state index in [2.05, 4.69) is 27.1 Å². The van der Waals surface area contributed by atoms with Crippen molar-refractivity contribution in [2.45, 2.75) is 38.9 Å². The molecule has 2 aliphatic heterocycles. The Hall–Kier alpha value is -3.51. The summed E-state index contributed by atoms with van der Waals surface area (Å²) in [6, 6.07) is 1.92. The molecule has 1 aromatic carbocycles. The van der Waals surface area contributed by atoms with Gasteiger partial charge in [0, 0.05) is 40.5 Å². The lowest BCUT2D eigenvalue weighted by Crippen LogP contribution is -2.38. The fourth-order valence-corrected chi connectivity index (χ4v) is 4.75. The summed E-state index contributed by atoms with van der Waals surface area (Å²) >= 11 is 1.28. The minimum absolute atomic E-state index is 0.0118. The van der Waals surface area contributed by atoms with Gasteiger partial charge in [0.1, 0.15) is 5.82 Å². The van der Waals surface area contributed by atoms with Gasteiger partial charge in [-0.3, -0.25) is 14.9 Å². The van der Waals surface area contributed by atoms with Crippen LogP contribution in [0.2, 0.25) is 0 Å². The summed E-state index contributed by atoms with van der Waals surface area (Å²) in [5.74, 6) is 4.19. The van der Waals surface area contributed by atoms with Crippen molar-refractivity contribution in [1.82, 2.24) is 19.4 Å². The highest BCUT2D eigenvalue weighted by atomic mass is 32.1. The second-order valence-corrected chi connectivity index (χ2v) is 8.29. The van der Waals surface area contributed by atoms with E-state index in [1.54, 1.807) is 30.9 Å². The molecule has 0 spiro atoms. The quantitative estimate of drug-likeness (QED) is 0.639. The van der Waals surface area contributed by atoms with Gasteiger partial charge in [0.25, 0.3) is 11.8 Å². The first kappa shape index (κ1) is 19.5. The van der Waals surface area contributed by atoms with Crippen LogP contribution in [0.25, 0.3) is 0 Å². The summed E-state index contributed by atoms with van der Waals surface area (Å²) in [6.45, 7) is 2.46. The molecule has 2 amide bonds. The molecule has 2 aliphatic rings. The minimum atomic E-state index is -0.988. The summed E-state index contributed by atoms with van der Waals surface area (Å²) in [5.41, 5.74) is 2.40. The van der Waals surface area contributed by atoms with Crippen molar-refractivity contribution in [2.24, 2.45) is 0 Å². The maximum Gasteiger partial charge on any atom is 0.255 e. The van der Waals surface area contributed by atoms with Crippen LogP contribution >= 0.6 is 11.3 Å². The van der Waals surface area contributed by atoms with Crippen molar-refractivity contribution in [3.63, 3.8) is 0 Å². The molecule has 4 heterocycles. The van der Waals surface area contributed by atoms with Gasteiger partial charge < -0.3 is 9.47 Å². The molecule has 1 atom stereocenters. The Bertz CT molecular complexity index is 1250. The van der Waals surface area contributed by atoms with Crippen molar-refractivity contribution in [3.8, 4) is 11.8 Å². The number of carbonyl (C=O) groups excluding carboxylic acids is 2. The summed E-state index contributed by atoms with van der Waals surface area (Å²) < 4.78 is 16.8. The van der Waals surface area contributed by atoms with Crippen LogP contribution in [0.1, 0.15) is 52.3 Å². The van der Waals surface area contributed by atoms with Crippen LogP contribution in [0.4, 0.5) is 9.52 Å². The van der Waals surface area contributed by atoms with Crippen LogP contribution < -0.4 is 5.32 Å². The van der Waals surface area contributed by atoms with Gasteiger partial charge in [-0.25, -0.2) is 14.4 Å². The number of carbonyl (C=O) groups is 2. The second-order valence-electron chi connectivity index (χ2n) is 7.39. The first-order chi connectivity index (χ1) is 15.1. The third kappa shape index (κ3) is 3.29. The van der Waals surface area contributed by atoms with Gasteiger partial charge in [-0.1, -0.05) is 5.92 Å². The Balaban J connectivity index is 1.56. The number of aromatic nitrogens is 3. The third-order valence-corrected chi connectivity index (χ3v) is 6.25. The van der Waals surface area contributed by atoms with Crippen LogP contribution in [-0.4, -0.2) is 31.2 Å². The molecule has 0 saturated heterocycles. The van der Waals surface area contributed by atoms with Gasteiger partial charge in [-0.15, -0.1) is 17.3 Å². The number of thiazole rings is 1. The van der Waals surface area contributed by atoms with E-state index in [0.29, 0.717) is 16.4 Å². The van der Waals surface area contributed by atoms with E-state index in [1.807, 2.05) is 4.57 Å². The molecule has 0 aliphatic carbocycles. The van der Waals surface area contributed by atoms with Gasteiger partial charge in [0.2, 0.25) is 0 Å². The number of hydrogen-bond donors (Lipinski definition) is 1. The number of rotatable bonds is 4. The first-order valence-electron chi connectivity index (χ1n) is 9.87. The summed E-state index contributed by atoms with van der Waals surface area (Å²) in [5, 5.41) is 4.96. The summed E-state index contributed by atoms with van der Waals surface area (Å²) in [4.78, 5) is 36.6. The molecular formula is C22H18FN5O2S. The zero-order valence-electron chi connectivity index (χ0n) is 16.7. The average molecular weight is 435 g/mol. The molecule has 5 rings (SSSR count). The summed E-state index contributed by atoms with van der Waals surface area (Å²) in [7, 11) is 0. The molecule has 7 nitrogen and oxygen atoms in total. The molecule has 1 unspecified atom stereocenters. The molecule has 3 aromatic rings. The smallest absolute Gasteiger partial charge is 0.255 e. The Morgan fingerprint density at radius 2 is 2.23 bits per heavy atom. The lowest BCUT2D eigenvalue weighted by molar-refractivity contribution is -0.121. The molecule has 0 fully saturated rings. The normalized spacial score (nSPS) is 15.3. The number of nitrogens with one attached hydrogen (secondary N) is 1. The molecule has 0 bridgehead atoms. The van der Waals surface area contributed by atoms with Gasteiger partial charge in [0.15, 0.2) is 11.2 Å². The Morgan fingerprint density at radius 3 is 3.00 bits per heavy atom. The van der Waals surface area contributed by atoms with Crippen LogP contribution in [0, 0.1) is 17.7 Å². The number of halogens is 1.